The maximum absolute atomic E-state index is 12.9. The molecule has 6 heteroatoms. The van der Waals surface area contributed by atoms with Crippen molar-refractivity contribution in [1.82, 2.24) is 10.2 Å². The monoisotopic (exact) mass is 349 g/mol. The summed E-state index contributed by atoms with van der Waals surface area (Å²) in [6.07, 6.45) is 2.54. The highest BCUT2D eigenvalue weighted by molar-refractivity contribution is 5.92. The van der Waals surface area contributed by atoms with Gasteiger partial charge < -0.3 is 10.6 Å². The number of carbonyl (C=O) groups is 2. The standard InChI is InChI=1S/C19H28FN3O2/c1-14(2)7-10-21-19(25)15-8-11-23(12-9-15)13-18(24)22-17-5-3-16(20)4-6-17/h3-6,14-15H,7-13H2,1-2H3,(H,21,25)(H,22,24). The quantitative estimate of drug-likeness (QED) is 0.795. The molecule has 1 aromatic carbocycles. The lowest BCUT2D eigenvalue weighted by molar-refractivity contribution is -0.126. The molecule has 0 aromatic heterocycles. The average Bonchev–Trinajstić information content (AvgIpc) is 2.57. The first-order chi connectivity index (χ1) is 11.9. The second kappa shape index (κ2) is 9.51. The van der Waals surface area contributed by atoms with Gasteiger partial charge in [-0.2, -0.15) is 0 Å². The number of likely N-dealkylation sites (tertiary alicyclic amines) is 1. The Morgan fingerprint density at radius 2 is 1.84 bits per heavy atom. The molecule has 0 saturated carbocycles. The van der Waals surface area contributed by atoms with E-state index in [4.69, 9.17) is 0 Å². The maximum atomic E-state index is 12.9. The van der Waals surface area contributed by atoms with Crippen LogP contribution in [0.4, 0.5) is 10.1 Å². The van der Waals surface area contributed by atoms with Crippen LogP contribution in [0, 0.1) is 17.7 Å². The third-order valence-corrected chi connectivity index (χ3v) is 4.47. The van der Waals surface area contributed by atoms with Gasteiger partial charge in [0.25, 0.3) is 0 Å². The van der Waals surface area contributed by atoms with Gasteiger partial charge in [-0.1, -0.05) is 13.8 Å². The lowest BCUT2D eigenvalue weighted by atomic mass is 9.95. The summed E-state index contributed by atoms with van der Waals surface area (Å²) >= 11 is 0. The normalized spacial score (nSPS) is 16.0. The van der Waals surface area contributed by atoms with Crippen molar-refractivity contribution in [2.24, 2.45) is 11.8 Å². The van der Waals surface area contributed by atoms with E-state index in [1.54, 1.807) is 12.1 Å². The molecule has 0 bridgehead atoms. The number of carbonyl (C=O) groups excluding carboxylic acids is 2. The minimum absolute atomic E-state index is 0.0450. The van der Waals surface area contributed by atoms with Crippen LogP contribution in [0.1, 0.15) is 33.1 Å². The van der Waals surface area contributed by atoms with Gasteiger partial charge in [-0.05, 0) is 62.5 Å². The molecule has 1 heterocycles. The highest BCUT2D eigenvalue weighted by Gasteiger charge is 2.25. The zero-order chi connectivity index (χ0) is 18.2. The highest BCUT2D eigenvalue weighted by atomic mass is 19.1. The fourth-order valence-electron chi connectivity index (χ4n) is 2.92. The number of halogens is 1. The van der Waals surface area contributed by atoms with Gasteiger partial charge in [-0.15, -0.1) is 0 Å². The number of nitrogens with one attached hydrogen (secondary N) is 2. The van der Waals surface area contributed by atoms with Crippen molar-refractivity contribution in [2.45, 2.75) is 33.1 Å². The van der Waals surface area contributed by atoms with Crippen molar-refractivity contribution in [3.8, 4) is 0 Å². The van der Waals surface area contributed by atoms with Crippen LogP contribution in [-0.4, -0.2) is 42.9 Å². The van der Waals surface area contributed by atoms with E-state index in [0.717, 1.165) is 38.9 Å². The summed E-state index contributed by atoms with van der Waals surface area (Å²) in [6, 6.07) is 5.72. The summed E-state index contributed by atoms with van der Waals surface area (Å²) in [5.74, 6) is 0.319. The Hall–Kier alpha value is -1.95. The molecule has 5 nitrogen and oxygen atoms in total. The third-order valence-electron chi connectivity index (χ3n) is 4.47. The number of nitrogens with zero attached hydrogens (tertiary/aromatic N) is 1. The molecule has 1 fully saturated rings. The van der Waals surface area contributed by atoms with Crippen molar-refractivity contribution in [2.75, 3.05) is 31.5 Å². The molecule has 1 aliphatic heterocycles. The van der Waals surface area contributed by atoms with Crippen LogP contribution in [0.3, 0.4) is 0 Å². The molecule has 1 aromatic rings. The van der Waals surface area contributed by atoms with E-state index in [0.29, 0.717) is 18.2 Å². The molecule has 2 amide bonds. The van der Waals surface area contributed by atoms with Crippen molar-refractivity contribution >= 4 is 17.5 Å². The predicted octanol–water partition coefficient (Wildman–Crippen LogP) is 2.64. The first kappa shape index (κ1) is 19.4. The topological polar surface area (TPSA) is 61.4 Å². The summed E-state index contributed by atoms with van der Waals surface area (Å²) in [7, 11) is 0. The van der Waals surface area contributed by atoms with Gasteiger partial charge >= 0.3 is 0 Å². The average molecular weight is 349 g/mol. The number of rotatable bonds is 7. The van der Waals surface area contributed by atoms with E-state index < -0.39 is 0 Å². The van der Waals surface area contributed by atoms with E-state index in [1.165, 1.54) is 12.1 Å². The van der Waals surface area contributed by atoms with Crippen LogP contribution < -0.4 is 10.6 Å². The third kappa shape index (κ3) is 6.82. The van der Waals surface area contributed by atoms with Crippen molar-refractivity contribution in [1.29, 1.82) is 0 Å². The van der Waals surface area contributed by atoms with E-state index in [1.807, 2.05) is 0 Å². The fraction of sp³-hybridized carbons (Fsp3) is 0.579. The molecule has 1 aliphatic rings. The molecular formula is C19H28FN3O2. The maximum Gasteiger partial charge on any atom is 0.238 e. The fourth-order valence-corrected chi connectivity index (χ4v) is 2.92. The minimum atomic E-state index is -0.327. The lowest BCUT2D eigenvalue weighted by Gasteiger charge is -2.30. The Balaban J connectivity index is 1.68. The second-order valence-corrected chi connectivity index (χ2v) is 7.08. The van der Waals surface area contributed by atoms with E-state index in [2.05, 4.69) is 29.4 Å². The Kier molecular flexibility index (Phi) is 7.37. The Morgan fingerprint density at radius 3 is 2.44 bits per heavy atom. The molecule has 25 heavy (non-hydrogen) atoms. The van der Waals surface area contributed by atoms with Crippen molar-refractivity contribution in [3.05, 3.63) is 30.1 Å². The number of anilines is 1. The highest BCUT2D eigenvalue weighted by Crippen LogP contribution is 2.17. The molecule has 0 radical (unpaired) electrons. The summed E-state index contributed by atoms with van der Waals surface area (Å²) in [5.41, 5.74) is 0.589. The van der Waals surface area contributed by atoms with Crippen LogP contribution in [0.2, 0.25) is 0 Å². The van der Waals surface area contributed by atoms with Gasteiger partial charge in [0.2, 0.25) is 11.8 Å². The van der Waals surface area contributed by atoms with Gasteiger partial charge in [0, 0.05) is 18.2 Å². The van der Waals surface area contributed by atoms with Crippen LogP contribution in [0.5, 0.6) is 0 Å². The number of benzene rings is 1. The molecular weight excluding hydrogens is 321 g/mol. The molecule has 0 spiro atoms. The van der Waals surface area contributed by atoms with Gasteiger partial charge in [-0.3, -0.25) is 14.5 Å². The molecule has 0 aliphatic carbocycles. The first-order valence-corrected chi connectivity index (χ1v) is 8.99. The molecule has 1 saturated heterocycles. The van der Waals surface area contributed by atoms with Gasteiger partial charge in [0.15, 0.2) is 0 Å². The van der Waals surface area contributed by atoms with Crippen molar-refractivity contribution in [3.63, 3.8) is 0 Å². The van der Waals surface area contributed by atoms with Crippen LogP contribution in [0.25, 0.3) is 0 Å². The van der Waals surface area contributed by atoms with E-state index >= 15 is 0 Å². The summed E-state index contributed by atoms with van der Waals surface area (Å²) in [5, 5.41) is 5.77. The molecule has 138 valence electrons. The molecule has 2 rings (SSSR count). The largest absolute Gasteiger partial charge is 0.356 e. The summed E-state index contributed by atoms with van der Waals surface area (Å²) < 4.78 is 12.9. The van der Waals surface area contributed by atoms with Gasteiger partial charge in [0.05, 0.1) is 6.54 Å². The SMILES string of the molecule is CC(C)CCNC(=O)C1CCN(CC(=O)Nc2ccc(F)cc2)CC1. The predicted molar refractivity (Wildman–Crippen MR) is 96.7 cm³/mol. The second-order valence-electron chi connectivity index (χ2n) is 7.08. The minimum Gasteiger partial charge on any atom is -0.356 e. The summed E-state index contributed by atoms with van der Waals surface area (Å²) in [4.78, 5) is 26.3. The number of hydrogen-bond donors (Lipinski definition) is 2. The molecule has 2 N–H and O–H groups in total. The Bertz CT molecular complexity index is 567. The van der Waals surface area contributed by atoms with E-state index in [9.17, 15) is 14.0 Å². The Labute approximate surface area is 149 Å². The lowest BCUT2D eigenvalue weighted by Crippen LogP contribution is -2.43. The molecule has 0 atom stereocenters. The number of hydrogen-bond acceptors (Lipinski definition) is 3. The van der Waals surface area contributed by atoms with Crippen LogP contribution in [-0.2, 0) is 9.59 Å². The van der Waals surface area contributed by atoms with Gasteiger partial charge in [-0.25, -0.2) is 4.39 Å². The Morgan fingerprint density at radius 1 is 1.20 bits per heavy atom. The zero-order valence-electron chi connectivity index (χ0n) is 15.1. The first-order valence-electron chi connectivity index (χ1n) is 8.99. The van der Waals surface area contributed by atoms with E-state index in [-0.39, 0.29) is 23.5 Å². The summed E-state index contributed by atoms with van der Waals surface area (Å²) in [6.45, 7) is 6.78. The van der Waals surface area contributed by atoms with Crippen LogP contribution in [0.15, 0.2) is 24.3 Å². The van der Waals surface area contributed by atoms with Crippen LogP contribution >= 0.6 is 0 Å². The zero-order valence-corrected chi connectivity index (χ0v) is 15.1. The van der Waals surface area contributed by atoms with Gasteiger partial charge in [0.1, 0.15) is 5.82 Å². The number of piperidine rings is 1. The van der Waals surface area contributed by atoms with Crippen molar-refractivity contribution < 1.29 is 14.0 Å². The molecule has 0 unspecified atom stereocenters. The smallest absolute Gasteiger partial charge is 0.238 e. The number of amides is 2.